The molecule has 21 heteroatoms. The second kappa shape index (κ2) is 25.5. The van der Waals surface area contributed by atoms with Crippen molar-refractivity contribution in [2.75, 3.05) is 26.2 Å². The van der Waals surface area contributed by atoms with Gasteiger partial charge in [-0.1, -0.05) is 66.5 Å². The van der Waals surface area contributed by atoms with Crippen molar-refractivity contribution in [3.63, 3.8) is 0 Å². The number of carboxylic acids is 1. The van der Waals surface area contributed by atoms with Gasteiger partial charge in [0, 0.05) is 0 Å². The van der Waals surface area contributed by atoms with Crippen molar-refractivity contribution < 1.29 is 58.5 Å². The molecule has 0 spiro atoms. The highest BCUT2D eigenvalue weighted by atomic mass is 16.4. The normalized spacial score (nSPS) is 15.0. The molecule has 0 aromatic heterocycles. The first kappa shape index (κ1) is 51.2. The van der Waals surface area contributed by atoms with Gasteiger partial charge in [-0.2, -0.15) is 0 Å². The maximum absolute atomic E-state index is 13.5. The lowest BCUT2D eigenvalue weighted by atomic mass is 9.96. The van der Waals surface area contributed by atoms with Gasteiger partial charge in [0.2, 0.25) is 47.3 Å². The molecule has 330 valence electrons. The van der Waals surface area contributed by atoms with Gasteiger partial charge in [-0.05, 0) is 48.8 Å². The minimum atomic E-state index is -1.59. The molecule has 0 bridgehead atoms. The predicted octanol–water partition coefficient (Wildman–Crippen LogP) is -3.12. The number of phenols is 1. The van der Waals surface area contributed by atoms with E-state index in [4.69, 9.17) is 10.8 Å². The van der Waals surface area contributed by atoms with Gasteiger partial charge in [0.25, 0.3) is 0 Å². The number of aliphatic carboxylic acids is 1. The van der Waals surface area contributed by atoms with Crippen LogP contribution in [0.1, 0.15) is 66.9 Å². The van der Waals surface area contributed by atoms with Gasteiger partial charge in [-0.25, -0.2) is 0 Å². The fourth-order valence-electron chi connectivity index (χ4n) is 5.33. The number of hydrogen-bond acceptors (Lipinski definition) is 12. The number of phenolic OH excluding ortho intramolecular Hbond substituents is 1. The Morgan fingerprint density at radius 1 is 0.559 bits per heavy atom. The number of nitrogens with one attached hydrogen (secondary N) is 8. The van der Waals surface area contributed by atoms with Gasteiger partial charge in [0.05, 0.1) is 31.8 Å². The van der Waals surface area contributed by atoms with Crippen molar-refractivity contribution in [2.24, 2.45) is 23.5 Å². The van der Waals surface area contributed by atoms with Gasteiger partial charge < -0.3 is 63.6 Å². The van der Waals surface area contributed by atoms with Gasteiger partial charge in [0.15, 0.2) is 0 Å². The van der Waals surface area contributed by atoms with Gasteiger partial charge in [-0.3, -0.25) is 43.2 Å². The highest BCUT2D eigenvalue weighted by molar-refractivity contribution is 5.96. The third-order valence-electron chi connectivity index (χ3n) is 9.37. The van der Waals surface area contributed by atoms with Crippen molar-refractivity contribution in [2.45, 2.75) is 104 Å². The quantitative estimate of drug-likeness (QED) is 0.0465. The van der Waals surface area contributed by atoms with E-state index in [-0.39, 0.29) is 12.2 Å². The number of aromatic hydroxyl groups is 1. The Labute approximate surface area is 343 Å². The summed E-state index contributed by atoms with van der Waals surface area (Å²) in [7, 11) is 0. The zero-order valence-corrected chi connectivity index (χ0v) is 34.5. The number of carboxylic acid groups (broad SMARTS) is 1. The summed E-state index contributed by atoms with van der Waals surface area (Å²) < 4.78 is 0. The number of hydrogen-bond donors (Lipinski definition) is 12. The largest absolute Gasteiger partial charge is 0.508 e. The lowest BCUT2D eigenvalue weighted by Gasteiger charge is -2.29. The third kappa shape index (κ3) is 18.5. The molecule has 0 heterocycles. The first-order valence-electron chi connectivity index (χ1n) is 19.3. The summed E-state index contributed by atoms with van der Waals surface area (Å²) in [6, 6.07) is 0.0843. The molecular formula is C38H61N9O12. The molecule has 21 nitrogen and oxygen atoms in total. The molecule has 0 aliphatic carbocycles. The maximum Gasteiger partial charge on any atom is 0.322 e. The van der Waals surface area contributed by atoms with E-state index in [0.29, 0.717) is 18.4 Å². The summed E-state index contributed by atoms with van der Waals surface area (Å²) >= 11 is 0. The second-order valence-electron chi connectivity index (χ2n) is 14.6. The Hall–Kier alpha value is -5.83. The number of amides is 8. The average Bonchev–Trinajstić information content (AvgIpc) is 3.18. The molecule has 0 fully saturated rings. The van der Waals surface area contributed by atoms with Gasteiger partial charge in [0.1, 0.15) is 36.5 Å². The van der Waals surface area contributed by atoms with Gasteiger partial charge >= 0.3 is 5.97 Å². The number of rotatable bonds is 25. The Balaban J connectivity index is 2.90. The Morgan fingerprint density at radius 3 is 1.42 bits per heavy atom. The molecule has 1 rings (SSSR count). The summed E-state index contributed by atoms with van der Waals surface area (Å²) in [5, 5.41) is 47.7. The van der Waals surface area contributed by atoms with Crippen molar-refractivity contribution >= 4 is 53.2 Å². The summed E-state index contributed by atoms with van der Waals surface area (Å²) in [6.45, 7) is 9.02. The summed E-state index contributed by atoms with van der Waals surface area (Å²) in [6.07, 6.45) is -0.517. The van der Waals surface area contributed by atoms with Crippen LogP contribution >= 0.6 is 0 Å². The van der Waals surface area contributed by atoms with Crippen molar-refractivity contribution in [1.29, 1.82) is 0 Å². The number of carbonyl (C=O) groups is 9. The monoisotopic (exact) mass is 835 g/mol. The third-order valence-corrected chi connectivity index (χ3v) is 9.37. The molecule has 8 atom stereocenters. The first-order chi connectivity index (χ1) is 27.6. The maximum atomic E-state index is 13.5. The molecule has 0 aliphatic heterocycles. The van der Waals surface area contributed by atoms with Crippen LogP contribution in [0.4, 0.5) is 0 Å². The molecule has 0 aliphatic rings. The summed E-state index contributed by atoms with van der Waals surface area (Å²) in [5.41, 5.74) is 6.79. The first-order valence-corrected chi connectivity index (χ1v) is 19.3. The fraction of sp³-hybridized carbons (Fsp3) is 0.605. The molecule has 0 unspecified atom stereocenters. The van der Waals surface area contributed by atoms with Crippen LogP contribution in [0, 0.1) is 17.8 Å². The molecule has 0 radical (unpaired) electrons. The van der Waals surface area contributed by atoms with Crippen LogP contribution in [0.3, 0.4) is 0 Å². The number of aliphatic hydroxyl groups is 1. The lowest BCUT2D eigenvalue weighted by Crippen LogP contribution is -2.60. The van der Waals surface area contributed by atoms with E-state index in [9.17, 15) is 53.4 Å². The number of benzene rings is 1. The zero-order chi connectivity index (χ0) is 45.0. The van der Waals surface area contributed by atoms with Crippen molar-refractivity contribution in [3.8, 4) is 5.75 Å². The lowest BCUT2D eigenvalue weighted by molar-refractivity contribution is -0.138. The minimum Gasteiger partial charge on any atom is -0.508 e. The predicted molar refractivity (Wildman–Crippen MR) is 213 cm³/mol. The Kier molecular flexibility index (Phi) is 22.1. The highest BCUT2D eigenvalue weighted by Gasteiger charge is 2.34. The SMILES string of the molecule is CC[C@H](C)[C@H](NC(=O)[C@@H](NC(=O)[C@@H](N)Cc1ccc(O)cc1)C(C)C)C(=O)NCC(=O)N[C@H](C(=O)N[C@H](C(=O)NCC(=O)NCC(=O)NCC(=O)O)[C@@H](C)CC)[C@@H](C)O. The molecule has 13 N–H and O–H groups in total. The Bertz CT molecular complexity index is 1620. The second-order valence-corrected chi connectivity index (χ2v) is 14.6. The molecule has 8 amide bonds. The van der Waals surface area contributed by atoms with E-state index in [1.807, 2.05) is 0 Å². The molecular weight excluding hydrogens is 774 g/mol. The summed E-state index contributed by atoms with van der Waals surface area (Å²) in [5.74, 6) is -8.75. The zero-order valence-electron chi connectivity index (χ0n) is 34.5. The van der Waals surface area contributed by atoms with E-state index >= 15 is 0 Å². The van der Waals surface area contributed by atoms with E-state index < -0.39 is 133 Å². The highest BCUT2D eigenvalue weighted by Crippen LogP contribution is 2.13. The Morgan fingerprint density at radius 2 is 0.983 bits per heavy atom. The number of carbonyl (C=O) groups excluding carboxylic acids is 8. The molecule has 0 saturated heterocycles. The van der Waals surface area contributed by atoms with E-state index in [0.717, 1.165) is 0 Å². The summed E-state index contributed by atoms with van der Waals surface area (Å²) in [4.78, 5) is 114. The average molecular weight is 836 g/mol. The van der Waals surface area contributed by atoms with E-state index in [2.05, 4.69) is 42.5 Å². The van der Waals surface area contributed by atoms with Crippen molar-refractivity contribution in [1.82, 2.24) is 42.5 Å². The van der Waals surface area contributed by atoms with Crippen LogP contribution in [0.25, 0.3) is 0 Å². The van der Waals surface area contributed by atoms with Crippen LogP contribution in [0.5, 0.6) is 5.75 Å². The van der Waals surface area contributed by atoms with Crippen LogP contribution in [0.15, 0.2) is 24.3 Å². The fourth-order valence-corrected chi connectivity index (χ4v) is 5.33. The standard InChI is InChI=1S/C38H61N9O12/c1-8-20(5)31(46-37(58)30(19(3)4)45-34(55)25(39)14-23-10-12-24(49)13-11-23)36(57)43-17-28(52)44-33(22(7)48)38(59)47-32(21(6)9-2)35(56)42-16-27(51)40-15-26(50)41-18-29(53)54/h10-13,19-22,25,30-33,48-49H,8-9,14-18,39H2,1-7H3,(H,40,51)(H,41,50)(H,42,56)(H,43,57)(H,44,52)(H,45,55)(H,46,58)(H,47,59)(H,53,54)/t20-,21-,22+,25-,30-,31-,32-,33-/m0/s1. The van der Waals surface area contributed by atoms with Gasteiger partial charge in [-0.15, -0.1) is 0 Å². The minimum absolute atomic E-state index is 0.0540. The van der Waals surface area contributed by atoms with E-state index in [1.54, 1.807) is 53.7 Å². The smallest absolute Gasteiger partial charge is 0.322 e. The molecule has 1 aromatic carbocycles. The van der Waals surface area contributed by atoms with Crippen LogP contribution in [-0.4, -0.2) is 131 Å². The topological polar surface area (TPSA) is 337 Å². The molecule has 0 saturated carbocycles. The van der Waals surface area contributed by atoms with Crippen LogP contribution < -0.4 is 48.3 Å². The van der Waals surface area contributed by atoms with Crippen molar-refractivity contribution in [3.05, 3.63) is 29.8 Å². The number of nitrogens with two attached hydrogens (primary N) is 1. The van der Waals surface area contributed by atoms with Crippen LogP contribution in [-0.2, 0) is 49.6 Å². The number of aliphatic hydroxyl groups excluding tert-OH is 1. The van der Waals surface area contributed by atoms with Crippen LogP contribution in [0.2, 0.25) is 0 Å². The van der Waals surface area contributed by atoms with E-state index in [1.165, 1.54) is 19.1 Å². The molecule has 1 aromatic rings. The molecule has 59 heavy (non-hydrogen) atoms.